The number of hydrogen-bond acceptors (Lipinski definition) is 6. The highest BCUT2D eigenvalue weighted by Gasteiger charge is 2.22. The second-order valence-corrected chi connectivity index (χ2v) is 5.05. The van der Waals surface area contributed by atoms with Gasteiger partial charge in [0.05, 0.1) is 16.2 Å². The zero-order valence-electron chi connectivity index (χ0n) is 13.1. The molecule has 0 aromatic heterocycles. The van der Waals surface area contributed by atoms with E-state index in [2.05, 4.69) is 5.32 Å². The van der Waals surface area contributed by atoms with Gasteiger partial charge >= 0.3 is 5.97 Å². The number of anilines is 2. The van der Waals surface area contributed by atoms with Crippen LogP contribution >= 0.6 is 0 Å². The van der Waals surface area contributed by atoms with Crippen LogP contribution in [-0.2, 0) is 9.53 Å². The Balaban J connectivity index is 2.07. The molecule has 2 rings (SSSR count). The molecule has 0 unspecified atom stereocenters. The summed E-state index contributed by atoms with van der Waals surface area (Å²) in [7, 11) is 0. The number of benzene rings is 2. The molecule has 130 valence electrons. The number of nitro benzene ring substituents is 1. The van der Waals surface area contributed by atoms with Crippen LogP contribution in [0, 0.1) is 15.9 Å². The van der Waals surface area contributed by atoms with Crippen LogP contribution < -0.4 is 11.1 Å². The van der Waals surface area contributed by atoms with Crippen molar-refractivity contribution in [1.29, 1.82) is 0 Å². The van der Waals surface area contributed by atoms with Crippen molar-refractivity contribution in [2.75, 3.05) is 11.1 Å². The van der Waals surface area contributed by atoms with Gasteiger partial charge in [-0.3, -0.25) is 14.9 Å². The maximum Gasteiger partial charge on any atom is 0.339 e. The fourth-order valence-electron chi connectivity index (χ4n) is 1.91. The van der Waals surface area contributed by atoms with Crippen LogP contribution in [0.1, 0.15) is 17.3 Å². The van der Waals surface area contributed by atoms with Crippen molar-refractivity contribution in [2.24, 2.45) is 0 Å². The van der Waals surface area contributed by atoms with Gasteiger partial charge in [-0.15, -0.1) is 0 Å². The van der Waals surface area contributed by atoms with E-state index in [-0.39, 0.29) is 16.9 Å². The molecule has 25 heavy (non-hydrogen) atoms. The van der Waals surface area contributed by atoms with E-state index in [4.69, 9.17) is 10.5 Å². The third-order valence-electron chi connectivity index (χ3n) is 3.25. The molecule has 2 aromatic carbocycles. The Kier molecular flexibility index (Phi) is 5.28. The predicted octanol–water partition coefficient (Wildman–Crippen LogP) is 2.50. The van der Waals surface area contributed by atoms with Gasteiger partial charge in [0.1, 0.15) is 11.5 Å². The predicted molar refractivity (Wildman–Crippen MR) is 87.4 cm³/mol. The van der Waals surface area contributed by atoms with Crippen molar-refractivity contribution in [3.05, 3.63) is 64.0 Å². The largest absolute Gasteiger partial charge is 0.449 e. The zero-order chi connectivity index (χ0) is 18.6. The van der Waals surface area contributed by atoms with Gasteiger partial charge in [-0.05, 0) is 31.2 Å². The quantitative estimate of drug-likeness (QED) is 0.370. The monoisotopic (exact) mass is 347 g/mol. The molecule has 0 saturated heterocycles. The molecule has 9 heteroatoms. The molecule has 2 aromatic rings. The molecule has 0 radical (unpaired) electrons. The smallest absolute Gasteiger partial charge is 0.339 e. The summed E-state index contributed by atoms with van der Waals surface area (Å²) < 4.78 is 18.4. The average Bonchev–Trinajstić information content (AvgIpc) is 2.56. The number of esters is 1. The normalized spacial score (nSPS) is 11.4. The molecule has 0 heterocycles. The summed E-state index contributed by atoms with van der Waals surface area (Å²) in [4.78, 5) is 34.1. The van der Waals surface area contributed by atoms with Crippen molar-refractivity contribution in [3.8, 4) is 0 Å². The number of nitro groups is 1. The minimum absolute atomic E-state index is 0.0569. The lowest BCUT2D eigenvalue weighted by atomic mass is 10.2. The second kappa shape index (κ2) is 7.39. The fourth-order valence-corrected chi connectivity index (χ4v) is 1.91. The van der Waals surface area contributed by atoms with Crippen LogP contribution in [0.15, 0.2) is 42.5 Å². The Morgan fingerprint density at radius 3 is 2.60 bits per heavy atom. The summed E-state index contributed by atoms with van der Waals surface area (Å²) >= 11 is 0. The molecule has 0 fully saturated rings. The molecular formula is C16H14FN3O5. The van der Waals surface area contributed by atoms with E-state index in [1.165, 1.54) is 43.3 Å². The van der Waals surface area contributed by atoms with E-state index in [1.54, 1.807) is 0 Å². The average molecular weight is 347 g/mol. The Hall–Kier alpha value is -3.49. The standard InChI is InChI=1S/C16H14FN3O5/c1-9(15(21)19-13-5-3-2-4-11(13)17)25-16(22)10-6-7-12(18)14(8-10)20(23)24/h2-9H,18H2,1H3,(H,19,21)/t9-/m1/s1. The Morgan fingerprint density at radius 2 is 1.96 bits per heavy atom. The molecule has 1 atom stereocenters. The molecule has 3 N–H and O–H groups in total. The molecule has 0 aliphatic rings. The number of nitrogens with two attached hydrogens (primary N) is 1. The number of hydrogen-bond donors (Lipinski definition) is 2. The lowest BCUT2D eigenvalue weighted by Gasteiger charge is -2.14. The van der Waals surface area contributed by atoms with Gasteiger partial charge in [-0.1, -0.05) is 12.1 Å². The molecule has 0 spiro atoms. The number of nitrogens with one attached hydrogen (secondary N) is 1. The lowest BCUT2D eigenvalue weighted by molar-refractivity contribution is -0.383. The highest BCUT2D eigenvalue weighted by molar-refractivity contribution is 5.97. The van der Waals surface area contributed by atoms with E-state index < -0.39 is 34.4 Å². The van der Waals surface area contributed by atoms with E-state index in [0.29, 0.717) is 0 Å². The van der Waals surface area contributed by atoms with Crippen molar-refractivity contribution in [3.63, 3.8) is 0 Å². The first-order valence-corrected chi connectivity index (χ1v) is 7.10. The first-order chi connectivity index (χ1) is 11.8. The Labute approximate surface area is 141 Å². The number of rotatable bonds is 5. The Bertz CT molecular complexity index is 840. The number of carbonyl (C=O) groups excluding carboxylic acids is 2. The van der Waals surface area contributed by atoms with E-state index in [9.17, 15) is 24.1 Å². The van der Waals surface area contributed by atoms with Crippen LogP contribution in [-0.4, -0.2) is 22.9 Å². The van der Waals surface area contributed by atoms with Crippen LogP contribution in [0.25, 0.3) is 0 Å². The van der Waals surface area contributed by atoms with Gasteiger partial charge in [0.15, 0.2) is 6.10 Å². The number of nitrogens with zero attached hydrogens (tertiary/aromatic N) is 1. The third kappa shape index (κ3) is 4.28. The van der Waals surface area contributed by atoms with Crippen LogP contribution in [0.4, 0.5) is 21.5 Å². The number of ether oxygens (including phenoxy) is 1. The molecule has 0 aliphatic carbocycles. The minimum atomic E-state index is -1.25. The molecule has 0 bridgehead atoms. The number of amides is 1. The maximum absolute atomic E-state index is 13.5. The molecule has 0 saturated carbocycles. The summed E-state index contributed by atoms with van der Waals surface area (Å²) in [5, 5.41) is 13.1. The van der Waals surface area contributed by atoms with E-state index >= 15 is 0 Å². The summed E-state index contributed by atoms with van der Waals surface area (Å²) in [6, 6.07) is 8.90. The maximum atomic E-state index is 13.5. The van der Waals surface area contributed by atoms with Crippen molar-refractivity contribution in [1.82, 2.24) is 0 Å². The number of para-hydroxylation sites is 1. The summed E-state index contributed by atoms with van der Waals surface area (Å²) in [6.07, 6.45) is -1.25. The van der Waals surface area contributed by atoms with Crippen molar-refractivity contribution >= 4 is 28.9 Å². The number of halogens is 1. The Morgan fingerprint density at radius 1 is 1.28 bits per heavy atom. The molecule has 0 aliphatic heterocycles. The first-order valence-electron chi connectivity index (χ1n) is 7.10. The highest BCUT2D eigenvalue weighted by Crippen LogP contribution is 2.23. The van der Waals surface area contributed by atoms with Crippen molar-refractivity contribution in [2.45, 2.75) is 13.0 Å². The SMILES string of the molecule is C[C@@H](OC(=O)c1ccc(N)c([N+](=O)[O-])c1)C(=O)Nc1ccccc1F. The molecule has 8 nitrogen and oxygen atoms in total. The zero-order valence-corrected chi connectivity index (χ0v) is 13.1. The van der Waals surface area contributed by atoms with E-state index in [1.807, 2.05) is 0 Å². The lowest BCUT2D eigenvalue weighted by Crippen LogP contribution is -2.30. The topological polar surface area (TPSA) is 125 Å². The summed E-state index contributed by atoms with van der Waals surface area (Å²) in [5.74, 6) is -2.33. The van der Waals surface area contributed by atoms with Gasteiger partial charge in [-0.2, -0.15) is 0 Å². The fraction of sp³-hybridized carbons (Fsp3) is 0.125. The van der Waals surface area contributed by atoms with E-state index in [0.717, 1.165) is 6.07 Å². The third-order valence-corrected chi connectivity index (χ3v) is 3.25. The number of nitrogen functional groups attached to an aromatic ring is 1. The summed E-state index contributed by atoms with van der Waals surface area (Å²) in [6.45, 7) is 1.29. The second-order valence-electron chi connectivity index (χ2n) is 5.05. The van der Waals surface area contributed by atoms with Gasteiger partial charge in [0, 0.05) is 6.07 Å². The van der Waals surface area contributed by atoms with Gasteiger partial charge in [0.2, 0.25) is 0 Å². The van der Waals surface area contributed by atoms with Crippen LogP contribution in [0.5, 0.6) is 0 Å². The number of carbonyl (C=O) groups is 2. The summed E-state index contributed by atoms with van der Waals surface area (Å²) in [5.41, 5.74) is 4.71. The first kappa shape index (κ1) is 17.9. The highest BCUT2D eigenvalue weighted by atomic mass is 19.1. The van der Waals surface area contributed by atoms with Gasteiger partial charge in [-0.25, -0.2) is 9.18 Å². The van der Waals surface area contributed by atoms with Crippen molar-refractivity contribution < 1.29 is 23.6 Å². The minimum Gasteiger partial charge on any atom is -0.449 e. The van der Waals surface area contributed by atoms with Crippen LogP contribution in [0.3, 0.4) is 0 Å². The van der Waals surface area contributed by atoms with Crippen LogP contribution in [0.2, 0.25) is 0 Å². The van der Waals surface area contributed by atoms with Gasteiger partial charge in [0.25, 0.3) is 11.6 Å². The molecular weight excluding hydrogens is 333 g/mol. The molecule has 1 amide bonds. The van der Waals surface area contributed by atoms with Gasteiger partial charge < -0.3 is 15.8 Å².